The third-order valence-electron chi connectivity index (χ3n) is 4.51. The first kappa shape index (κ1) is 14.8. The Hall–Kier alpha value is -2.14. The van der Waals surface area contributed by atoms with E-state index >= 15 is 0 Å². The molecule has 0 bridgehead atoms. The van der Waals surface area contributed by atoms with E-state index in [2.05, 4.69) is 16.1 Å². The highest BCUT2D eigenvalue weighted by molar-refractivity contribution is 5.89. The standard InChI is InChI=1S/C17H21N3O2/c1-19-16(6-9-18-19)13-7-10-20(11-8-13)12-14-4-2-3-5-15(14)17(21)22/h2-6,9,13H,7-8,10-12H2,1H3,(H,21,22). The highest BCUT2D eigenvalue weighted by Gasteiger charge is 2.23. The molecule has 0 saturated carbocycles. The molecule has 0 radical (unpaired) electrons. The molecule has 116 valence electrons. The molecule has 1 N–H and O–H groups in total. The molecule has 1 fully saturated rings. The number of nitrogens with zero attached hydrogens (tertiary/aromatic N) is 3. The van der Waals surface area contributed by atoms with Crippen LogP contribution in [0, 0.1) is 0 Å². The van der Waals surface area contributed by atoms with Gasteiger partial charge in [-0.1, -0.05) is 18.2 Å². The second kappa shape index (κ2) is 6.32. The Morgan fingerprint density at radius 1 is 1.27 bits per heavy atom. The maximum atomic E-state index is 11.3. The minimum atomic E-state index is -0.847. The van der Waals surface area contributed by atoms with Crippen molar-refractivity contribution in [3.05, 3.63) is 53.3 Å². The van der Waals surface area contributed by atoms with Gasteiger partial charge in [-0.05, 0) is 43.6 Å². The molecule has 5 heteroatoms. The topological polar surface area (TPSA) is 58.4 Å². The van der Waals surface area contributed by atoms with Crippen LogP contribution in [0.3, 0.4) is 0 Å². The fourth-order valence-electron chi connectivity index (χ4n) is 3.28. The fraction of sp³-hybridized carbons (Fsp3) is 0.412. The second-order valence-electron chi connectivity index (χ2n) is 5.89. The number of carboxylic acids is 1. The number of carbonyl (C=O) groups is 1. The van der Waals surface area contributed by atoms with E-state index in [-0.39, 0.29) is 0 Å². The van der Waals surface area contributed by atoms with Gasteiger partial charge in [-0.2, -0.15) is 5.10 Å². The third kappa shape index (κ3) is 3.04. The molecule has 3 rings (SSSR count). The second-order valence-corrected chi connectivity index (χ2v) is 5.89. The van der Waals surface area contributed by atoms with Crippen LogP contribution in [-0.4, -0.2) is 38.8 Å². The van der Waals surface area contributed by atoms with Crippen molar-refractivity contribution in [3.63, 3.8) is 0 Å². The minimum absolute atomic E-state index is 0.413. The van der Waals surface area contributed by atoms with Crippen LogP contribution in [0.1, 0.15) is 40.4 Å². The Balaban J connectivity index is 1.63. The van der Waals surface area contributed by atoms with Crippen molar-refractivity contribution >= 4 is 5.97 Å². The first-order chi connectivity index (χ1) is 10.6. The summed E-state index contributed by atoms with van der Waals surface area (Å²) in [5, 5.41) is 13.5. The molecule has 1 aromatic heterocycles. The number of hydrogen-bond donors (Lipinski definition) is 1. The van der Waals surface area contributed by atoms with E-state index < -0.39 is 5.97 Å². The van der Waals surface area contributed by atoms with Crippen molar-refractivity contribution in [2.45, 2.75) is 25.3 Å². The lowest BCUT2D eigenvalue weighted by Crippen LogP contribution is -2.33. The lowest BCUT2D eigenvalue weighted by molar-refractivity contribution is 0.0694. The van der Waals surface area contributed by atoms with Crippen LogP contribution in [0.5, 0.6) is 0 Å². The molecule has 1 saturated heterocycles. The molecule has 5 nitrogen and oxygen atoms in total. The van der Waals surface area contributed by atoms with E-state index in [0.29, 0.717) is 18.0 Å². The molecule has 1 aliphatic rings. The van der Waals surface area contributed by atoms with Gasteiger partial charge in [0.2, 0.25) is 0 Å². The van der Waals surface area contributed by atoms with Gasteiger partial charge >= 0.3 is 5.97 Å². The summed E-state index contributed by atoms with van der Waals surface area (Å²) in [4.78, 5) is 13.6. The van der Waals surface area contributed by atoms with Crippen LogP contribution in [0.15, 0.2) is 36.5 Å². The highest BCUT2D eigenvalue weighted by atomic mass is 16.4. The van der Waals surface area contributed by atoms with Crippen LogP contribution < -0.4 is 0 Å². The molecule has 22 heavy (non-hydrogen) atoms. The fourth-order valence-corrected chi connectivity index (χ4v) is 3.28. The molecule has 0 aliphatic carbocycles. The number of piperidine rings is 1. The quantitative estimate of drug-likeness (QED) is 0.942. The van der Waals surface area contributed by atoms with Crippen molar-refractivity contribution in [3.8, 4) is 0 Å². The van der Waals surface area contributed by atoms with Crippen molar-refractivity contribution in [2.75, 3.05) is 13.1 Å². The zero-order valence-corrected chi connectivity index (χ0v) is 12.8. The largest absolute Gasteiger partial charge is 0.478 e. The van der Waals surface area contributed by atoms with E-state index in [0.717, 1.165) is 31.5 Å². The summed E-state index contributed by atoms with van der Waals surface area (Å²) in [6.45, 7) is 2.69. The number of aromatic carboxylic acids is 1. The minimum Gasteiger partial charge on any atom is -0.478 e. The molecule has 0 amide bonds. The van der Waals surface area contributed by atoms with E-state index in [1.807, 2.05) is 30.1 Å². The van der Waals surface area contributed by atoms with Gasteiger partial charge in [0.25, 0.3) is 0 Å². The van der Waals surface area contributed by atoms with Crippen molar-refractivity contribution in [1.82, 2.24) is 14.7 Å². The van der Waals surface area contributed by atoms with Crippen molar-refractivity contribution in [2.24, 2.45) is 7.05 Å². The number of aryl methyl sites for hydroxylation is 1. The Bertz CT molecular complexity index is 657. The van der Waals surface area contributed by atoms with Crippen molar-refractivity contribution in [1.29, 1.82) is 0 Å². The number of rotatable bonds is 4. The predicted octanol–water partition coefficient (Wildman–Crippen LogP) is 2.50. The summed E-state index contributed by atoms with van der Waals surface area (Å²) in [5.74, 6) is -0.293. The van der Waals surface area contributed by atoms with Crippen LogP contribution in [0.4, 0.5) is 0 Å². The molecule has 0 spiro atoms. The Morgan fingerprint density at radius 2 is 2.00 bits per heavy atom. The lowest BCUT2D eigenvalue weighted by atomic mass is 9.93. The van der Waals surface area contributed by atoms with Gasteiger partial charge in [-0.25, -0.2) is 4.79 Å². The first-order valence-electron chi connectivity index (χ1n) is 7.66. The summed E-state index contributed by atoms with van der Waals surface area (Å²) in [6.07, 6.45) is 4.04. The van der Waals surface area contributed by atoms with Crippen LogP contribution in [0.2, 0.25) is 0 Å². The molecule has 2 aromatic rings. The Kier molecular flexibility index (Phi) is 4.24. The SMILES string of the molecule is Cn1nccc1C1CCN(Cc2ccccc2C(=O)O)CC1. The average Bonchev–Trinajstić information content (AvgIpc) is 2.94. The van der Waals surface area contributed by atoms with Crippen LogP contribution in [-0.2, 0) is 13.6 Å². The van der Waals surface area contributed by atoms with Crippen LogP contribution >= 0.6 is 0 Å². The Labute approximate surface area is 130 Å². The summed E-state index contributed by atoms with van der Waals surface area (Å²) in [5.41, 5.74) is 2.61. The maximum Gasteiger partial charge on any atom is 0.336 e. The van der Waals surface area contributed by atoms with Gasteiger partial charge in [-0.3, -0.25) is 9.58 Å². The van der Waals surface area contributed by atoms with Gasteiger partial charge in [0.15, 0.2) is 0 Å². The van der Waals surface area contributed by atoms with Crippen LogP contribution in [0.25, 0.3) is 0 Å². The summed E-state index contributed by atoms with van der Waals surface area (Å²) < 4.78 is 1.96. The molecule has 1 aliphatic heterocycles. The maximum absolute atomic E-state index is 11.3. The van der Waals surface area contributed by atoms with Gasteiger partial charge in [0.1, 0.15) is 0 Å². The monoisotopic (exact) mass is 299 g/mol. The van der Waals surface area contributed by atoms with E-state index in [1.165, 1.54) is 5.69 Å². The number of benzene rings is 1. The molecular formula is C17H21N3O2. The number of hydrogen-bond acceptors (Lipinski definition) is 3. The van der Waals surface area contributed by atoms with E-state index in [9.17, 15) is 9.90 Å². The molecular weight excluding hydrogens is 278 g/mol. The van der Waals surface area contributed by atoms with E-state index in [4.69, 9.17) is 0 Å². The number of aromatic nitrogens is 2. The number of likely N-dealkylation sites (tertiary alicyclic amines) is 1. The zero-order chi connectivity index (χ0) is 15.5. The van der Waals surface area contributed by atoms with Gasteiger partial charge < -0.3 is 5.11 Å². The van der Waals surface area contributed by atoms with Gasteiger partial charge in [0, 0.05) is 31.4 Å². The smallest absolute Gasteiger partial charge is 0.336 e. The third-order valence-corrected chi connectivity index (χ3v) is 4.51. The highest BCUT2D eigenvalue weighted by Crippen LogP contribution is 2.28. The van der Waals surface area contributed by atoms with E-state index in [1.54, 1.807) is 12.1 Å². The average molecular weight is 299 g/mol. The molecule has 0 atom stereocenters. The van der Waals surface area contributed by atoms with Gasteiger partial charge in [0.05, 0.1) is 5.56 Å². The molecule has 2 heterocycles. The molecule has 0 unspecified atom stereocenters. The van der Waals surface area contributed by atoms with Gasteiger partial charge in [-0.15, -0.1) is 0 Å². The first-order valence-corrected chi connectivity index (χ1v) is 7.66. The predicted molar refractivity (Wildman–Crippen MR) is 83.9 cm³/mol. The summed E-state index contributed by atoms with van der Waals surface area (Å²) in [7, 11) is 1.99. The molecule has 1 aromatic carbocycles. The Morgan fingerprint density at radius 3 is 2.64 bits per heavy atom. The summed E-state index contributed by atoms with van der Waals surface area (Å²) >= 11 is 0. The van der Waals surface area contributed by atoms with Crippen molar-refractivity contribution < 1.29 is 9.90 Å². The summed E-state index contributed by atoms with van der Waals surface area (Å²) in [6, 6.07) is 9.38. The zero-order valence-electron chi connectivity index (χ0n) is 12.8. The number of carboxylic acid groups (broad SMARTS) is 1. The normalized spacial score (nSPS) is 16.8. The lowest BCUT2D eigenvalue weighted by Gasteiger charge is -2.32.